The Hall–Kier alpha value is -1.05. The molecule has 0 aliphatic rings. The van der Waals surface area contributed by atoms with Crippen LogP contribution in [0.2, 0.25) is 0 Å². The van der Waals surface area contributed by atoms with Crippen LogP contribution in [0.5, 0.6) is 5.75 Å². The molecule has 0 spiro atoms. The minimum Gasteiger partial charge on any atom is -0.489 e. The molecular formula is C13H10BrIN2O. The Morgan fingerprint density at radius 1 is 1.39 bits per heavy atom. The van der Waals surface area contributed by atoms with Gasteiger partial charge in [0.1, 0.15) is 23.5 Å². The van der Waals surface area contributed by atoms with Crippen molar-refractivity contribution in [2.24, 2.45) is 0 Å². The lowest BCUT2D eigenvalue weighted by Crippen LogP contribution is -2.08. The number of benzene rings is 1. The van der Waals surface area contributed by atoms with Crippen molar-refractivity contribution >= 4 is 44.6 Å². The van der Waals surface area contributed by atoms with E-state index < -0.39 is 0 Å². The quantitative estimate of drug-likeness (QED) is 0.546. The number of ether oxygens (including phenoxy) is 1. The zero-order chi connectivity index (χ0) is 13.7. The van der Waals surface area contributed by atoms with E-state index in [1.165, 1.54) is 6.08 Å². The van der Waals surface area contributed by atoms with Gasteiger partial charge in [-0.2, -0.15) is 10.5 Å². The minimum atomic E-state index is 0.0273. The summed E-state index contributed by atoms with van der Waals surface area (Å²) in [4.78, 5) is 0. The number of nitriles is 2. The van der Waals surface area contributed by atoms with Crippen molar-refractivity contribution in [3.63, 3.8) is 0 Å². The molecule has 0 bridgehead atoms. The highest BCUT2D eigenvalue weighted by molar-refractivity contribution is 14.1. The summed E-state index contributed by atoms with van der Waals surface area (Å²) in [5, 5.41) is 17.6. The number of hydrogen-bond donors (Lipinski definition) is 0. The maximum atomic E-state index is 8.80. The Morgan fingerprint density at radius 2 is 2.00 bits per heavy atom. The van der Waals surface area contributed by atoms with Crippen LogP contribution in [0.15, 0.2) is 22.2 Å². The first kappa shape index (κ1) is 15.0. The van der Waals surface area contributed by atoms with E-state index in [0.29, 0.717) is 5.75 Å². The molecule has 5 heteroatoms. The second kappa shape index (κ2) is 6.77. The summed E-state index contributed by atoms with van der Waals surface area (Å²) in [6, 6.07) is 7.45. The van der Waals surface area contributed by atoms with Crippen LogP contribution in [0.1, 0.15) is 19.4 Å². The molecule has 0 aliphatic carbocycles. The van der Waals surface area contributed by atoms with E-state index in [4.69, 9.17) is 15.3 Å². The first-order valence-electron chi connectivity index (χ1n) is 5.15. The number of hydrogen-bond acceptors (Lipinski definition) is 3. The van der Waals surface area contributed by atoms with Crippen LogP contribution in [0.3, 0.4) is 0 Å². The van der Waals surface area contributed by atoms with Gasteiger partial charge in [-0.1, -0.05) is 15.9 Å². The maximum Gasteiger partial charge on any atom is 0.140 e. The summed E-state index contributed by atoms with van der Waals surface area (Å²) in [6.07, 6.45) is 1.56. The first-order valence-corrected chi connectivity index (χ1v) is 7.02. The summed E-state index contributed by atoms with van der Waals surface area (Å²) in [5.74, 6) is 0.691. The van der Waals surface area contributed by atoms with Crippen molar-refractivity contribution in [1.82, 2.24) is 0 Å². The van der Waals surface area contributed by atoms with Gasteiger partial charge in [0.2, 0.25) is 0 Å². The molecule has 0 fully saturated rings. The van der Waals surface area contributed by atoms with Gasteiger partial charge in [-0.3, -0.25) is 0 Å². The normalized spacial score (nSPS) is 9.50. The zero-order valence-corrected chi connectivity index (χ0v) is 13.6. The van der Waals surface area contributed by atoms with E-state index >= 15 is 0 Å². The first-order chi connectivity index (χ1) is 8.47. The highest BCUT2D eigenvalue weighted by Gasteiger charge is 2.11. The third-order valence-corrected chi connectivity index (χ3v) is 3.19. The van der Waals surface area contributed by atoms with Crippen LogP contribution in [-0.4, -0.2) is 6.10 Å². The maximum absolute atomic E-state index is 8.80. The Morgan fingerprint density at radius 3 is 2.50 bits per heavy atom. The molecule has 1 rings (SSSR count). The lowest BCUT2D eigenvalue weighted by atomic mass is 10.1. The van der Waals surface area contributed by atoms with Gasteiger partial charge in [0.25, 0.3) is 0 Å². The molecule has 92 valence electrons. The van der Waals surface area contributed by atoms with Gasteiger partial charge in [-0.05, 0) is 54.6 Å². The van der Waals surface area contributed by atoms with Crippen LogP contribution in [0, 0.1) is 26.2 Å². The van der Waals surface area contributed by atoms with Gasteiger partial charge in [0, 0.05) is 10.0 Å². The molecule has 18 heavy (non-hydrogen) atoms. The number of halogens is 2. The van der Waals surface area contributed by atoms with Gasteiger partial charge in [0.15, 0.2) is 0 Å². The van der Waals surface area contributed by atoms with Gasteiger partial charge < -0.3 is 4.74 Å². The fourth-order valence-corrected chi connectivity index (χ4v) is 2.97. The van der Waals surface area contributed by atoms with Crippen LogP contribution in [-0.2, 0) is 0 Å². The van der Waals surface area contributed by atoms with E-state index in [0.717, 1.165) is 13.6 Å². The minimum absolute atomic E-state index is 0.0273. The number of rotatable bonds is 3. The van der Waals surface area contributed by atoms with Gasteiger partial charge >= 0.3 is 0 Å². The SMILES string of the molecule is CC(C)Oc1c(I)cc(Br)cc1C=C(C#N)C#N. The predicted molar refractivity (Wildman–Crippen MR) is 81.8 cm³/mol. The van der Waals surface area contributed by atoms with Crippen molar-refractivity contribution in [2.45, 2.75) is 20.0 Å². The molecule has 0 saturated carbocycles. The van der Waals surface area contributed by atoms with Gasteiger partial charge in [0.05, 0.1) is 9.67 Å². The summed E-state index contributed by atoms with van der Waals surface area (Å²) in [6.45, 7) is 3.86. The van der Waals surface area contributed by atoms with E-state index in [1.807, 2.05) is 38.1 Å². The Balaban J connectivity index is 3.38. The largest absolute Gasteiger partial charge is 0.489 e. The Bertz CT molecular complexity index is 552. The molecule has 0 saturated heterocycles. The van der Waals surface area contributed by atoms with Crippen LogP contribution >= 0.6 is 38.5 Å². The van der Waals surface area contributed by atoms with E-state index in [2.05, 4.69) is 38.5 Å². The smallest absolute Gasteiger partial charge is 0.140 e. The molecule has 0 radical (unpaired) electrons. The lowest BCUT2D eigenvalue weighted by molar-refractivity contribution is 0.240. The molecule has 0 heterocycles. The molecule has 0 atom stereocenters. The second-order valence-electron chi connectivity index (χ2n) is 3.75. The lowest BCUT2D eigenvalue weighted by Gasteiger charge is -2.14. The highest BCUT2D eigenvalue weighted by Crippen LogP contribution is 2.32. The van der Waals surface area contributed by atoms with Crippen molar-refractivity contribution in [3.05, 3.63) is 31.3 Å². The molecule has 0 aliphatic heterocycles. The van der Waals surface area contributed by atoms with Crippen LogP contribution < -0.4 is 4.74 Å². The van der Waals surface area contributed by atoms with Crippen LogP contribution in [0.4, 0.5) is 0 Å². The van der Waals surface area contributed by atoms with Crippen molar-refractivity contribution in [1.29, 1.82) is 10.5 Å². The van der Waals surface area contributed by atoms with E-state index in [9.17, 15) is 0 Å². The molecular weight excluding hydrogens is 407 g/mol. The average Bonchev–Trinajstić information content (AvgIpc) is 2.29. The highest BCUT2D eigenvalue weighted by atomic mass is 127. The zero-order valence-electron chi connectivity index (χ0n) is 9.87. The topological polar surface area (TPSA) is 56.8 Å². The number of allylic oxidation sites excluding steroid dienone is 1. The fourth-order valence-electron chi connectivity index (χ4n) is 1.29. The Kier molecular flexibility index (Phi) is 5.64. The van der Waals surface area contributed by atoms with Gasteiger partial charge in [-0.25, -0.2) is 0 Å². The van der Waals surface area contributed by atoms with E-state index in [-0.39, 0.29) is 11.7 Å². The van der Waals surface area contributed by atoms with Gasteiger partial charge in [-0.15, -0.1) is 0 Å². The third kappa shape index (κ3) is 4.01. The van der Waals surface area contributed by atoms with E-state index in [1.54, 1.807) is 0 Å². The molecule has 0 unspecified atom stereocenters. The molecule has 0 aromatic heterocycles. The molecule has 0 N–H and O–H groups in total. The van der Waals surface area contributed by atoms with Crippen LogP contribution in [0.25, 0.3) is 6.08 Å². The fraction of sp³-hybridized carbons (Fsp3) is 0.231. The third-order valence-electron chi connectivity index (χ3n) is 1.93. The summed E-state index contributed by atoms with van der Waals surface area (Å²) >= 11 is 5.56. The molecule has 0 amide bonds. The number of nitrogens with zero attached hydrogens (tertiary/aromatic N) is 2. The molecule has 1 aromatic rings. The Labute approximate surface area is 128 Å². The average molecular weight is 417 g/mol. The van der Waals surface area contributed by atoms with Crippen molar-refractivity contribution in [2.75, 3.05) is 0 Å². The predicted octanol–water partition coefficient (Wildman–Crippen LogP) is 4.27. The molecule has 1 aromatic carbocycles. The van der Waals surface area contributed by atoms with Crippen molar-refractivity contribution in [3.8, 4) is 17.9 Å². The second-order valence-corrected chi connectivity index (χ2v) is 5.83. The summed E-state index contributed by atoms with van der Waals surface area (Å²) in [5.41, 5.74) is 0.776. The monoisotopic (exact) mass is 416 g/mol. The molecule has 3 nitrogen and oxygen atoms in total. The summed E-state index contributed by atoms with van der Waals surface area (Å²) < 4.78 is 7.54. The summed E-state index contributed by atoms with van der Waals surface area (Å²) in [7, 11) is 0. The standard InChI is InChI=1S/C13H10BrIN2O/c1-8(2)18-13-10(3-9(6-16)7-17)4-11(14)5-12(13)15/h3-5,8H,1-2H3. The van der Waals surface area contributed by atoms with Crippen molar-refractivity contribution < 1.29 is 4.74 Å².